The van der Waals surface area contributed by atoms with E-state index < -0.39 is 6.43 Å². The van der Waals surface area contributed by atoms with Crippen molar-refractivity contribution in [3.63, 3.8) is 0 Å². The van der Waals surface area contributed by atoms with E-state index in [0.717, 1.165) is 36.2 Å². The number of benzene rings is 1. The maximum Gasteiger partial charge on any atom is 0.240 e. The maximum atomic E-state index is 13.0. The highest BCUT2D eigenvalue weighted by molar-refractivity contribution is 9.10. The van der Waals surface area contributed by atoms with Crippen LogP contribution in [-0.4, -0.2) is 44.6 Å². The summed E-state index contributed by atoms with van der Waals surface area (Å²) in [4.78, 5) is 2.11. The van der Waals surface area contributed by atoms with Crippen LogP contribution in [-0.2, 0) is 0 Å². The van der Waals surface area contributed by atoms with E-state index in [2.05, 4.69) is 26.1 Å². The summed E-state index contributed by atoms with van der Waals surface area (Å²) in [6.07, 6.45) is -2.49. The summed E-state index contributed by atoms with van der Waals surface area (Å²) in [6.45, 7) is 3.23. The Bertz CT molecular complexity index is 439. The predicted octanol–water partition coefficient (Wildman–Crippen LogP) is 3.06. The van der Waals surface area contributed by atoms with Crippen LogP contribution in [0.4, 0.5) is 8.78 Å². The number of methoxy groups -OCH3 is 1. The van der Waals surface area contributed by atoms with Crippen molar-refractivity contribution >= 4 is 15.9 Å². The second-order valence-electron chi connectivity index (χ2n) is 4.82. The van der Waals surface area contributed by atoms with Gasteiger partial charge in [-0.25, -0.2) is 8.78 Å². The highest BCUT2D eigenvalue weighted by Gasteiger charge is 2.27. The minimum atomic E-state index is -2.33. The van der Waals surface area contributed by atoms with Crippen LogP contribution in [0.2, 0.25) is 0 Å². The topological polar surface area (TPSA) is 24.5 Å². The molecule has 0 spiro atoms. The number of piperazine rings is 1. The molecule has 2 rings (SSSR count). The molecule has 0 aliphatic carbocycles. The van der Waals surface area contributed by atoms with Gasteiger partial charge in [-0.1, -0.05) is 15.9 Å². The van der Waals surface area contributed by atoms with Gasteiger partial charge in [-0.15, -0.1) is 0 Å². The molecule has 0 bridgehead atoms. The van der Waals surface area contributed by atoms with E-state index in [0.29, 0.717) is 5.75 Å². The number of hydrogen-bond acceptors (Lipinski definition) is 3. The van der Waals surface area contributed by atoms with E-state index in [1.54, 1.807) is 7.11 Å². The lowest BCUT2D eigenvalue weighted by Gasteiger charge is -2.35. The summed E-state index contributed by atoms with van der Waals surface area (Å²) in [5, 5.41) is 3.25. The molecular weight excluding hydrogens is 330 g/mol. The molecule has 1 fully saturated rings. The monoisotopic (exact) mass is 348 g/mol. The van der Waals surface area contributed by atoms with Gasteiger partial charge in [0.05, 0.1) is 7.11 Å². The van der Waals surface area contributed by atoms with E-state index in [1.165, 1.54) is 0 Å². The number of nitrogens with one attached hydrogen (secondary N) is 1. The number of rotatable bonds is 5. The first kappa shape index (κ1) is 15.7. The van der Waals surface area contributed by atoms with E-state index in [9.17, 15) is 8.78 Å². The maximum absolute atomic E-state index is 13.0. The van der Waals surface area contributed by atoms with Crippen molar-refractivity contribution in [2.24, 2.45) is 0 Å². The summed E-state index contributed by atoms with van der Waals surface area (Å²) in [5.74, 6) is 0.692. The number of halogens is 3. The standard InChI is InChI=1S/C14H19BrF2N2O/c1-20-10-2-3-12(15)11(8-10)13(9-14(16)17)19-6-4-18-5-7-19/h2-3,8,13-14,18H,4-7,9H2,1H3/t13-/m0/s1. The van der Waals surface area contributed by atoms with Crippen molar-refractivity contribution in [1.82, 2.24) is 10.2 Å². The zero-order chi connectivity index (χ0) is 14.5. The van der Waals surface area contributed by atoms with Crippen molar-refractivity contribution in [2.45, 2.75) is 18.9 Å². The van der Waals surface area contributed by atoms with Crippen LogP contribution in [0, 0.1) is 0 Å². The first-order valence-corrected chi connectivity index (χ1v) is 7.47. The second-order valence-corrected chi connectivity index (χ2v) is 5.67. The van der Waals surface area contributed by atoms with E-state index in [4.69, 9.17) is 4.74 Å². The average Bonchev–Trinajstić information content (AvgIpc) is 2.46. The number of ether oxygens (including phenoxy) is 1. The van der Waals surface area contributed by atoms with Gasteiger partial charge >= 0.3 is 0 Å². The van der Waals surface area contributed by atoms with Gasteiger partial charge in [0.25, 0.3) is 0 Å². The van der Waals surface area contributed by atoms with E-state index in [-0.39, 0.29) is 12.5 Å². The third-order valence-corrected chi connectivity index (χ3v) is 4.28. The Morgan fingerprint density at radius 1 is 1.35 bits per heavy atom. The molecular formula is C14H19BrF2N2O. The Kier molecular flexibility index (Phi) is 5.74. The molecule has 3 nitrogen and oxygen atoms in total. The Hall–Kier alpha value is -0.720. The lowest BCUT2D eigenvalue weighted by molar-refractivity contribution is 0.0735. The van der Waals surface area contributed by atoms with Crippen molar-refractivity contribution in [3.8, 4) is 5.75 Å². The van der Waals surface area contributed by atoms with Crippen LogP contribution in [0.15, 0.2) is 22.7 Å². The predicted molar refractivity (Wildman–Crippen MR) is 78.5 cm³/mol. The first-order chi connectivity index (χ1) is 9.61. The molecule has 6 heteroatoms. The van der Waals surface area contributed by atoms with Gasteiger partial charge in [-0.2, -0.15) is 0 Å². The molecule has 112 valence electrons. The summed E-state index contributed by atoms with van der Waals surface area (Å²) < 4.78 is 32.0. The molecule has 1 aromatic carbocycles. The Morgan fingerprint density at radius 3 is 2.65 bits per heavy atom. The lowest BCUT2D eigenvalue weighted by Crippen LogP contribution is -2.45. The lowest BCUT2D eigenvalue weighted by atomic mass is 10.0. The normalized spacial score (nSPS) is 18.2. The first-order valence-electron chi connectivity index (χ1n) is 6.68. The molecule has 1 aromatic rings. The quantitative estimate of drug-likeness (QED) is 0.884. The van der Waals surface area contributed by atoms with Gasteiger partial charge < -0.3 is 10.1 Å². The Balaban J connectivity index is 2.29. The van der Waals surface area contributed by atoms with Gasteiger partial charge in [-0.05, 0) is 23.8 Å². The molecule has 1 aliphatic rings. The number of nitrogens with zero attached hydrogens (tertiary/aromatic N) is 1. The SMILES string of the molecule is COc1ccc(Br)c([C@H](CC(F)F)N2CCNCC2)c1. The largest absolute Gasteiger partial charge is 0.497 e. The van der Waals surface area contributed by atoms with Crippen LogP contribution in [0.5, 0.6) is 5.75 Å². The van der Waals surface area contributed by atoms with Crippen LogP contribution in [0.1, 0.15) is 18.0 Å². The van der Waals surface area contributed by atoms with Crippen LogP contribution in [0.25, 0.3) is 0 Å². The summed E-state index contributed by atoms with van der Waals surface area (Å²) in [5.41, 5.74) is 0.867. The highest BCUT2D eigenvalue weighted by atomic mass is 79.9. The zero-order valence-corrected chi connectivity index (χ0v) is 13.0. The molecule has 1 aliphatic heterocycles. The number of hydrogen-bond donors (Lipinski definition) is 1. The van der Waals surface area contributed by atoms with E-state index in [1.807, 2.05) is 18.2 Å². The van der Waals surface area contributed by atoms with Crippen molar-refractivity contribution in [2.75, 3.05) is 33.3 Å². The molecule has 0 unspecified atom stereocenters. The Morgan fingerprint density at radius 2 is 2.05 bits per heavy atom. The minimum absolute atomic E-state index is 0.161. The smallest absolute Gasteiger partial charge is 0.240 e. The molecule has 20 heavy (non-hydrogen) atoms. The fraction of sp³-hybridized carbons (Fsp3) is 0.571. The average molecular weight is 349 g/mol. The Labute approximate surface area is 126 Å². The third kappa shape index (κ3) is 3.90. The molecule has 0 aromatic heterocycles. The van der Waals surface area contributed by atoms with Gasteiger partial charge in [0, 0.05) is 43.1 Å². The molecule has 0 amide bonds. The molecule has 0 saturated carbocycles. The minimum Gasteiger partial charge on any atom is -0.497 e. The fourth-order valence-electron chi connectivity index (χ4n) is 2.54. The molecule has 1 atom stereocenters. The van der Waals surface area contributed by atoms with Crippen LogP contribution < -0.4 is 10.1 Å². The highest BCUT2D eigenvalue weighted by Crippen LogP contribution is 2.35. The molecule has 1 N–H and O–H groups in total. The molecule has 1 heterocycles. The van der Waals surface area contributed by atoms with Crippen molar-refractivity contribution in [3.05, 3.63) is 28.2 Å². The van der Waals surface area contributed by atoms with Gasteiger partial charge in [-0.3, -0.25) is 4.90 Å². The summed E-state index contributed by atoms with van der Waals surface area (Å²) in [6, 6.07) is 5.24. The van der Waals surface area contributed by atoms with Gasteiger partial charge in [0.2, 0.25) is 6.43 Å². The second kappa shape index (κ2) is 7.33. The summed E-state index contributed by atoms with van der Waals surface area (Å²) >= 11 is 3.47. The van der Waals surface area contributed by atoms with Crippen LogP contribution in [0.3, 0.4) is 0 Å². The van der Waals surface area contributed by atoms with Crippen molar-refractivity contribution < 1.29 is 13.5 Å². The number of alkyl halides is 2. The zero-order valence-electron chi connectivity index (χ0n) is 11.4. The van der Waals surface area contributed by atoms with Crippen LogP contribution >= 0.6 is 15.9 Å². The van der Waals surface area contributed by atoms with Crippen molar-refractivity contribution in [1.29, 1.82) is 0 Å². The molecule has 1 saturated heterocycles. The van der Waals surface area contributed by atoms with Gasteiger partial charge in [0.1, 0.15) is 5.75 Å². The molecule has 0 radical (unpaired) electrons. The third-order valence-electron chi connectivity index (χ3n) is 3.56. The fourth-order valence-corrected chi connectivity index (χ4v) is 3.05. The van der Waals surface area contributed by atoms with E-state index >= 15 is 0 Å². The van der Waals surface area contributed by atoms with Gasteiger partial charge in [0.15, 0.2) is 0 Å². The summed E-state index contributed by atoms with van der Waals surface area (Å²) in [7, 11) is 1.58.